The Hall–Kier alpha value is -3.46. The highest BCUT2D eigenvalue weighted by atomic mass is 127. The number of rotatable bonds is 5. The Bertz CT molecular complexity index is 1330. The number of benzene rings is 3. The molecule has 1 fully saturated rings. The second-order valence-corrected chi connectivity index (χ2v) is 9.43. The summed E-state index contributed by atoms with van der Waals surface area (Å²) in [5.74, 6) is -0.672. The molecule has 1 N–H and O–H groups in total. The minimum Gasteiger partial charge on any atom is -0.488 e. The molecule has 0 saturated carbocycles. The minimum absolute atomic E-state index is 0.108. The fraction of sp³-hybridized carbons (Fsp3) is 0.148. The standard InChI is InChI=1S/C27H23IN2O4/c1-16-5-4-6-20(10-16)15-34-24-8-7-19(14-23(24)28)13-22-25(31)29-27(33)30(26(22)32)21-11-17(2)9-18(3)12-21/h4-14H,15H2,1-3H3,(H,29,31,33)/b22-13+. The van der Waals surface area contributed by atoms with E-state index < -0.39 is 17.8 Å². The van der Waals surface area contributed by atoms with E-state index in [0.29, 0.717) is 23.6 Å². The van der Waals surface area contributed by atoms with E-state index in [1.807, 2.05) is 57.2 Å². The third-order valence-electron chi connectivity index (χ3n) is 5.31. The average molecular weight is 566 g/mol. The fourth-order valence-electron chi connectivity index (χ4n) is 3.83. The molecule has 0 atom stereocenters. The number of barbiturate groups is 1. The quantitative estimate of drug-likeness (QED) is 0.253. The minimum atomic E-state index is -0.758. The molecule has 3 aromatic carbocycles. The molecule has 0 aromatic heterocycles. The van der Waals surface area contributed by atoms with E-state index >= 15 is 0 Å². The Morgan fingerprint density at radius 1 is 0.912 bits per heavy atom. The zero-order valence-electron chi connectivity index (χ0n) is 19.0. The third kappa shape index (κ3) is 5.20. The van der Waals surface area contributed by atoms with Crippen molar-refractivity contribution < 1.29 is 19.1 Å². The molecular weight excluding hydrogens is 543 g/mol. The number of hydrogen-bond acceptors (Lipinski definition) is 4. The molecular formula is C27H23IN2O4. The summed E-state index contributed by atoms with van der Waals surface area (Å²) in [5.41, 5.74) is 5.03. The first kappa shape index (κ1) is 23.7. The highest BCUT2D eigenvalue weighted by molar-refractivity contribution is 14.1. The molecule has 0 unspecified atom stereocenters. The van der Waals surface area contributed by atoms with Gasteiger partial charge < -0.3 is 4.74 Å². The van der Waals surface area contributed by atoms with Crippen LogP contribution in [-0.2, 0) is 16.2 Å². The molecule has 1 aliphatic heterocycles. The Balaban J connectivity index is 1.58. The molecule has 1 aliphatic rings. The smallest absolute Gasteiger partial charge is 0.335 e. The van der Waals surface area contributed by atoms with Gasteiger partial charge in [0, 0.05) is 0 Å². The van der Waals surface area contributed by atoms with Crippen LogP contribution in [0.25, 0.3) is 6.08 Å². The molecule has 34 heavy (non-hydrogen) atoms. The Labute approximate surface area is 211 Å². The van der Waals surface area contributed by atoms with Crippen molar-refractivity contribution in [2.45, 2.75) is 27.4 Å². The largest absolute Gasteiger partial charge is 0.488 e. The summed E-state index contributed by atoms with van der Waals surface area (Å²) in [7, 11) is 0. The molecule has 1 heterocycles. The first-order valence-corrected chi connectivity index (χ1v) is 11.8. The van der Waals surface area contributed by atoms with E-state index in [-0.39, 0.29) is 5.57 Å². The van der Waals surface area contributed by atoms with Crippen molar-refractivity contribution in [3.05, 3.63) is 97.6 Å². The van der Waals surface area contributed by atoms with Crippen molar-refractivity contribution in [2.24, 2.45) is 0 Å². The van der Waals surface area contributed by atoms with Crippen LogP contribution in [0, 0.1) is 24.3 Å². The van der Waals surface area contributed by atoms with Crippen molar-refractivity contribution in [2.75, 3.05) is 4.90 Å². The Morgan fingerprint density at radius 2 is 1.65 bits per heavy atom. The van der Waals surface area contributed by atoms with Gasteiger partial charge in [-0.15, -0.1) is 0 Å². The first-order valence-electron chi connectivity index (χ1n) is 10.7. The van der Waals surface area contributed by atoms with Gasteiger partial charge in [0.1, 0.15) is 17.9 Å². The molecule has 4 rings (SSSR count). The highest BCUT2D eigenvalue weighted by Gasteiger charge is 2.37. The number of nitrogens with zero attached hydrogens (tertiary/aromatic N) is 1. The van der Waals surface area contributed by atoms with E-state index in [1.165, 1.54) is 11.6 Å². The average Bonchev–Trinajstić information content (AvgIpc) is 2.75. The van der Waals surface area contributed by atoms with Gasteiger partial charge in [-0.25, -0.2) is 9.69 Å². The summed E-state index contributed by atoms with van der Waals surface area (Å²) < 4.78 is 6.79. The lowest BCUT2D eigenvalue weighted by atomic mass is 10.1. The monoisotopic (exact) mass is 566 g/mol. The zero-order chi connectivity index (χ0) is 24.4. The molecule has 0 aliphatic carbocycles. The van der Waals surface area contributed by atoms with Crippen molar-refractivity contribution in [3.8, 4) is 5.75 Å². The maximum Gasteiger partial charge on any atom is 0.335 e. The molecule has 0 radical (unpaired) electrons. The summed E-state index contributed by atoms with van der Waals surface area (Å²) >= 11 is 2.16. The van der Waals surface area contributed by atoms with Crippen LogP contribution in [0.1, 0.15) is 27.8 Å². The van der Waals surface area contributed by atoms with Gasteiger partial charge in [0.05, 0.1) is 9.26 Å². The zero-order valence-corrected chi connectivity index (χ0v) is 21.2. The van der Waals surface area contributed by atoms with Crippen LogP contribution in [0.5, 0.6) is 5.75 Å². The first-order chi connectivity index (χ1) is 16.2. The Morgan fingerprint density at radius 3 is 2.32 bits per heavy atom. The summed E-state index contributed by atoms with van der Waals surface area (Å²) in [6, 6.07) is 18.2. The summed E-state index contributed by atoms with van der Waals surface area (Å²) in [5, 5.41) is 2.27. The second-order valence-electron chi connectivity index (χ2n) is 8.27. The molecule has 6 nitrogen and oxygen atoms in total. The third-order valence-corrected chi connectivity index (χ3v) is 6.15. The molecule has 0 spiro atoms. The van der Waals surface area contributed by atoms with Crippen LogP contribution < -0.4 is 15.0 Å². The number of carbonyl (C=O) groups is 3. The summed E-state index contributed by atoms with van der Waals surface area (Å²) in [4.78, 5) is 39.1. The normalized spacial score (nSPS) is 15.0. The van der Waals surface area contributed by atoms with Gasteiger partial charge in [-0.05, 0) is 96.0 Å². The van der Waals surface area contributed by atoms with E-state index in [9.17, 15) is 14.4 Å². The van der Waals surface area contributed by atoms with Crippen LogP contribution in [0.2, 0.25) is 0 Å². The van der Waals surface area contributed by atoms with Gasteiger partial charge in [0.25, 0.3) is 11.8 Å². The predicted octanol–water partition coefficient (Wildman–Crippen LogP) is 5.46. The maximum absolute atomic E-state index is 13.2. The van der Waals surface area contributed by atoms with Crippen LogP contribution in [0.3, 0.4) is 0 Å². The highest BCUT2D eigenvalue weighted by Crippen LogP contribution is 2.27. The van der Waals surface area contributed by atoms with Crippen LogP contribution >= 0.6 is 22.6 Å². The van der Waals surface area contributed by atoms with Gasteiger partial charge in [-0.2, -0.15) is 0 Å². The number of hydrogen-bond donors (Lipinski definition) is 1. The van der Waals surface area contributed by atoms with E-state index in [1.54, 1.807) is 18.2 Å². The lowest BCUT2D eigenvalue weighted by molar-refractivity contribution is -0.122. The number of carbonyl (C=O) groups excluding carboxylic acids is 3. The van der Waals surface area contributed by atoms with E-state index in [0.717, 1.165) is 25.2 Å². The number of ether oxygens (including phenoxy) is 1. The fourth-order valence-corrected chi connectivity index (χ4v) is 4.52. The van der Waals surface area contributed by atoms with Gasteiger partial charge in [0.2, 0.25) is 0 Å². The molecule has 1 saturated heterocycles. The van der Waals surface area contributed by atoms with Gasteiger partial charge in [-0.3, -0.25) is 14.9 Å². The van der Waals surface area contributed by atoms with Gasteiger partial charge >= 0.3 is 6.03 Å². The number of anilines is 1. The number of urea groups is 1. The van der Waals surface area contributed by atoms with Crippen LogP contribution in [0.15, 0.2) is 66.2 Å². The molecule has 172 valence electrons. The lowest BCUT2D eigenvalue weighted by Gasteiger charge is -2.27. The van der Waals surface area contributed by atoms with Crippen LogP contribution in [0.4, 0.5) is 10.5 Å². The van der Waals surface area contributed by atoms with Crippen molar-refractivity contribution >= 4 is 52.2 Å². The number of nitrogens with one attached hydrogen (secondary N) is 1. The van der Waals surface area contributed by atoms with E-state index in [4.69, 9.17) is 4.74 Å². The summed E-state index contributed by atoms with van der Waals surface area (Å²) in [6.45, 7) is 6.24. The lowest BCUT2D eigenvalue weighted by Crippen LogP contribution is -2.54. The number of aryl methyl sites for hydroxylation is 3. The van der Waals surface area contributed by atoms with E-state index in [2.05, 4.69) is 34.0 Å². The molecule has 3 aromatic rings. The van der Waals surface area contributed by atoms with Crippen molar-refractivity contribution in [1.29, 1.82) is 0 Å². The SMILES string of the molecule is Cc1cccc(COc2ccc(/C=C3\C(=O)NC(=O)N(c4cc(C)cc(C)c4)C3=O)cc2I)c1. The number of amides is 4. The topological polar surface area (TPSA) is 75.7 Å². The second kappa shape index (κ2) is 9.80. The molecule has 4 amide bonds. The Kier molecular flexibility index (Phi) is 6.83. The van der Waals surface area contributed by atoms with Crippen LogP contribution in [-0.4, -0.2) is 17.8 Å². The maximum atomic E-state index is 13.2. The summed E-state index contributed by atoms with van der Waals surface area (Å²) in [6.07, 6.45) is 1.49. The van der Waals surface area contributed by atoms with Crippen molar-refractivity contribution in [1.82, 2.24) is 5.32 Å². The van der Waals surface area contributed by atoms with Gasteiger partial charge in [-0.1, -0.05) is 42.0 Å². The molecule has 0 bridgehead atoms. The van der Waals surface area contributed by atoms with Gasteiger partial charge in [0.15, 0.2) is 0 Å². The number of halogens is 1. The number of imide groups is 2. The molecule has 7 heteroatoms. The van der Waals surface area contributed by atoms with Crippen molar-refractivity contribution in [3.63, 3.8) is 0 Å². The predicted molar refractivity (Wildman–Crippen MR) is 140 cm³/mol.